The summed E-state index contributed by atoms with van der Waals surface area (Å²) >= 11 is 0. The van der Waals surface area contributed by atoms with Gasteiger partial charge in [-0.2, -0.15) is 0 Å². The van der Waals surface area contributed by atoms with Gasteiger partial charge in [0.05, 0.1) is 17.2 Å². The number of rotatable bonds is 4. The van der Waals surface area contributed by atoms with Crippen molar-refractivity contribution >= 4 is 17.0 Å². The SMILES string of the molecule is C[C@H]1C[C@]1(c1noc(=O)[nH]1)n1c(C(=O)O)cc2nc(C3CCOCC3)ncc21. The number of hydrogen-bond donors (Lipinski definition) is 2. The van der Waals surface area contributed by atoms with Gasteiger partial charge in [-0.05, 0) is 31.2 Å². The second-order valence-corrected chi connectivity index (χ2v) is 7.53. The van der Waals surface area contributed by atoms with E-state index in [1.807, 2.05) is 6.92 Å². The number of fused-ring (bicyclic) bond motifs is 1. The molecule has 0 radical (unpaired) electrons. The summed E-state index contributed by atoms with van der Waals surface area (Å²) in [5, 5.41) is 13.7. The van der Waals surface area contributed by atoms with Crippen molar-refractivity contribution in [3.05, 3.63) is 40.2 Å². The highest BCUT2D eigenvalue weighted by Gasteiger charge is 2.59. The first-order valence-electron chi connectivity index (χ1n) is 9.27. The van der Waals surface area contributed by atoms with Crippen LogP contribution < -0.4 is 5.76 Å². The molecule has 2 N–H and O–H groups in total. The molecule has 3 aromatic rings. The van der Waals surface area contributed by atoms with E-state index in [0.717, 1.165) is 12.8 Å². The van der Waals surface area contributed by atoms with Crippen LogP contribution in [0.5, 0.6) is 0 Å². The monoisotopic (exact) mass is 385 g/mol. The zero-order valence-electron chi connectivity index (χ0n) is 15.2. The molecule has 1 saturated heterocycles. The summed E-state index contributed by atoms with van der Waals surface area (Å²) in [6.07, 6.45) is 3.99. The minimum atomic E-state index is -1.07. The van der Waals surface area contributed by atoms with Crippen molar-refractivity contribution in [1.82, 2.24) is 24.7 Å². The lowest BCUT2D eigenvalue weighted by Gasteiger charge is -2.21. The third-order valence-electron chi connectivity index (χ3n) is 5.90. The van der Waals surface area contributed by atoms with E-state index in [4.69, 9.17) is 4.74 Å². The molecule has 0 bridgehead atoms. The highest BCUT2D eigenvalue weighted by Crippen LogP contribution is 2.55. The quantitative estimate of drug-likeness (QED) is 0.689. The van der Waals surface area contributed by atoms with Crippen molar-refractivity contribution in [2.45, 2.75) is 37.6 Å². The Kier molecular flexibility index (Phi) is 3.66. The summed E-state index contributed by atoms with van der Waals surface area (Å²) in [6.45, 7) is 3.32. The van der Waals surface area contributed by atoms with Gasteiger partial charge in [0.15, 0.2) is 5.82 Å². The molecule has 4 heterocycles. The van der Waals surface area contributed by atoms with E-state index in [1.165, 1.54) is 0 Å². The molecule has 1 aliphatic heterocycles. The third-order valence-corrected chi connectivity index (χ3v) is 5.90. The topological polar surface area (TPSA) is 136 Å². The Labute approximate surface area is 158 Å². The van der Waals surface area contributed by atoms with Crippen molar-refractivity contribution in [2.75, 3.05) is 13.2 Å². The van der Waals surface area contributed by atoms with E-state index in [9.17, 15) is 14.7 Å². The largest absolute Gasteiger partial charge is 0.477 e. The number of carboxylic acid groups (broad SMARTS) is 1. The summed E-state index contributed by atoms with van der Waals surface area (Å²) in [5.41, 5.74) is 0.465. The highest BCUT2D eigenvalue weighted by molar-refractivity contribution is 5.93. The molecule has 10 heteroatoms. The van der Waals surface area contributed by atoms with Crippen LogP contribution in [0.4, 0.5) is 0 Å². The number of nitrogens with zero attached hydrogens (tertiary/aromatic N) is 4. The second kappa shape index (κ2) is 5.99. The number of hydrogen-bond acceptors (Lipinski definition) is 7. The normalized spacial score (nSPS) is 25.2. The van der Waals surface area contributed by atoms with E-state index < -0.39 is 17.3 Å². The fraction of sp³-hybridized carbons (Fsp3) is 0.500. The molecule has 0 unspecified atom stereocenters. The molecule has 1 saturated carbocycles. The lowest BCUT2D eigenvalue weighted by molar-refractivity contribution is 0.0682. The number of aromatic nitrogens is 5. The first-order valence-corrected chi connectivity index (χ1v) is 9.27. The Morgan fingerprint density at radius 1 is 1.39 bits per heavy atom. The third kappa shape index (κ3) is 2.40. The van der Waals surface area contributed by atoms with Gasteiger partial charge in [0.2, 0.25) is 0 Å². The van der Waals surface area contributed by atoms with Crippen molar-refractivity contribution in [3.8, 4) is 0 Å². The minimum Gasteiger partial charge on any atom is -0.477 e. The van der Waals surface area contributed by atoms with Crippen molar-refractivity contribution in [1.29, 1.82) is 0 Å². The van der Waals surface area contributed by atoms with Crippen molar-refractivity contribution < 1.29 is 19.2 Å². The molecular weight excluding hydrogens is 366 g/mol. The number of H-pyrrole nitrogens is 1. The van der Waals surface area contributed by atoms with E-state index >= 15 is 0 Å². The molecular formula is C18H19N5O5. The molecule has 0 aromatic carbocycles. The van der Waals surface area contributed by atoms with E-state index in [-0.39, 0.29) is 17.5 Å². The van der Waals surface area contributed by atoms with Crippen LogP contribution in [0.25, 0.3) is 11.0 Å². The summed E-state index contributed by atoms with van der Waals surface area (Å²) in [4.78, 5) is 35.3. The Balaban J connectivity index is 1.68. The molecule has 0 amide bonds. The Hall–Kier alpha value is -3.01. The maximum absolute atomic E-state index is 12.0. The number of aromatic carboxylic acids is 1. The van der Waals surface area contributed by atoms with Gasteiger partial charge in [0.1, 0.15) is 17.1 Å². The smallest absolute Gasteiger partial charge is 0.438 e. The van der Waals surface area contributed by atoms with Gasteiger partial charge in [-0.1, -0.05) is 12.1 Å². The lowest BCUT2D eigenvalue weighted by atomic mass is 9.99. The molecule has 10 nitrogen and oxygen atoms in total. The lowest BCUT2D eigenvalue weighted by Crippen LogP contribution is -2.27. The predicted octanol–water partition coefficient (Wildman–Crippen LogP) is 1.48. The number of nitrogens with one attached hydrogen (secondary N) is 1. The van der Waals surface area contributed by atoms with Crippen LogP contribution in [0.2, 0.25) is 0 Å². The second-order valence-electron chi connectivity index (χ2n) is 7.53. The molecule has 0 spiro atoms. The van der Waals surface area contributed by atoms with E-state index in [0.29, 0.717) is 42.3 Å². The van der Waals surface area contributed by atoms with Gasteiger partial charge in [-0.25, -0.2) is 19.6 Å². The molecule has 28 heavy (non-hydrogen) atoms. The maximum Gasteiger partial charge on any atom is 0.438 e. The van der Waals surface area contributed by atoms with Crippen LogP contribution in [-0.2, 0) is 10.3 Å². The summed E-state index contributed by atoms with van der Waals surface area (Å²) in [5.74, 6) is -0.446. The van der Waals surface area contributed by atoms with E-state index in [2.05, 4.69) is 24.6 Å². The minimum absolute atomic E-state index is 0.0668. The maximum atomic E-state index is 12.0. The molecule has 1 aliphatic carbocycles. The average Bonchev–Trinajstić information content (AvgIpc) is 3.05. The van der Waals surface area contributed by atoms with Gasteiger partial charge >= 0.3 is 11.7 Å². The fourth-order valence-corrected chi connectivity index (χ4v) is 4.32. The van der Waals surface area contributed by atoms with Crippen LogP contribution in [0.1, 0.15) is 54.2 Å². The number of aromatic amines is 1. The summed E-state index contributed by atoms with van der Waals surface area (Å²) in [6, 6.07) is 1.56. The number of carboxylic acids is 1. The standard InChI is InChI=1S/C18H19N5O5/c1-9-7-18(9,16-21-17(26)28-22-16)23-12(15(24)25)6-11-13(23)8-19-14(20-11)10-2-4-27-5-3-10/h6,8-10H,2-5,7H2,1H3,(H,24,25)(H,21,22,26)/t9-,18-/m0/s1. The van der Waals surface area contributed by atoms with Gasteiger partial charge in [-0.3, -0.25) is 9.51 Å². The summed E-state index contributed by atoms with van der Waals surface area (Å²) < 4.78 is 11.8. The fourth-order valence-electron chi connectivity index (χ4n) is 4.32. The van der Waals surface area contributed by atoms with Crippen molar-refractivity contribution in [2.24, 2.45) is 5.92 Å². The Bertz CT molecular complexity index is 1130. The Morgan fingerprint density at radius 2 is 2.14 bits per heavy atom. The number of carbonyl (C=O) groups is 1. The highest BCUT2D eigenvalue weighted by atomic mass is 16.5. The van der Waals surface area contributed by atoms with Crippen LogP contribution >= 0.6 is 0 Å². The molecule has 2 aliphatic rings. The molecule has 3 aromatic heterocycles. The zero-order chi connectivity index (χ0) is 19.5. The average molecular weight is 385 g/mol. The van der Waals surface area contributed by atoms with Crippen LogP contribution in [-0.4, -0.2) is 49.0 Å². The number of ether oxygens (including phenoxy) is 1. The van der Waals surface area contributed by atoms with Crippen LogP contribution in [0.15, 0.2) is 21.6 Å². The van der Waals surface area contributed by atoms with Crippen molar-refractivity contribution in [3.63, 3.8) is 0 Å². The van der Waals surface area contributed by atoms with Gasteiger partial charge < -0.3 is 14.4 Å². The molecule has 146 valence electrons. The first-order chi connectivity index (χ1) is 13.5. The summed E-state index contributed by atoms with van der Waals surface area (Å²) in [7, 11) is 0. The van der Waals surface area contributed by atoms with Gasteiger partial charge in [0.25, 0.3) is 0 Å². The van der Waals surface area contributed by atoms with Gasteiger partial charge in [-0.15, -0.1) is 0 Å². The first kappa shape index (κ1) is 17.1. The predicted molar refractivity (Wildman–Crippen MR) is 95.3 cm³/mol. The van der Waals surface area contributed by atoms with Crippen LogP contribution in [0, 0.1) is 5.92 Å². The molecule has 5 rings (SSSR count). The Morgan fingerprint density at radius 3 is 2.75 bits per heavy atom. The molecule has 2 fully saturated rings. The van der Waals surface area contributed by atoms with Gasteiger partial charge in [0, 0.05) is 19.1 Å². The van der Waals surface area contributed by atoms with Crippen LogP contribution in [0.3, 0.4) is 0 Å². The molecule has 2 atom stereocenters. The zero-order valence-corrected chi connectivity index (χ0v) is 15.2. The van der Waals surface area contributed by atoms with E-state index in [1.54, 1.807) is 16.8 Å².